The average Bonchev–Trinajstić information content (AvgIpc) is 3.70. The molecule has 1 saturated heterocycles. The molecular weight excluding hydrogens is 794 g/mol. The summed E-state index contributed by atoms with van der Waals surface area (Å²) in [7, 11) is -4.22. The third-order valence-corrected chi connectivity index (χ3v) is 14.2. The van der Waals surface area contributed by atoms with Gasteiger partial charge in [0.05, 0.1) is 16.6 Å². The minimum absolute atomic E-state index is 0.00236. The number of aromatic amines is 1. The first-order chi connectivity index (χ1) is 28.8. The number of anilines is 2. The lowest BCUT2D eigenvalue weighted by Gasteiger charge is -2.39. The van der Waals surface area contributed by atoms with E-state index in [0.717, 1.165) is 117 Å². The zero-order valence-corrected chi connectivity index (χ0v) is 36.3. The molecule has 3 aliphatic rings. The van der Waals surface area contributed by atoms with Gasteiger partial charge < -0.3 is 25.0 Å². The van der Waals surface area contributed by atoms with E-state index < -0.39 is 15.9 Å². The second-order valence-corrected chi connectivity index (χ2v) is 19.8. The number of amides is 1. The van der Waals surface area contributed by atoms with Crippen LogP contribution in [0.3, 0.4) is 0 Å². The van der Waals surface area contributed by atoms with Crippen LogP contribution in [0.5, 0.6) is 11.5 Å². The number of nitrogens with one attached hydrogen (secondary N) is 3. The summed E-state index contributed by atoms with van der Waals surface area (Å²) in [5.74, 6) is 0.485. The van der Waals surface area contributed by atoms with E-state index in [-0.39, 0.29) is 27.7 Å². The van der Waals surface area contributed by atoms with Crippen LogP contribution >= 0.6 is 11.6 Å². The van der Waals surface area contributed by atoms with E-state index in [0.29, 0.717) is 11.7 Å². The van der Waals surface area contributed by atoms with Crippen molar-refractivity contribution >= 4 is 55.4 Å². The number of aryl methyl sites for hydroxylation is 1. The monoisotopic (exact) mass is 849 g/mol. The summed E-state index contributed by atoms with van der Waals surface area (Å²) < 4.78 is 36.1. The molecule has 1 amide bonds. The van der Waals surface area contributed by atoms with Crippen LogP contribution < -0.4 is 19.7 Å². The topological polar surface area (TPSA) is 127 Å². The molecule has 2 aliphatic carbocycles. The summed E-state index contributed by atoms with van der Waals surface area (Å²) in [5, 5.41) is 15.0. The number of aliphatic hydroxyl groups excluding tert-OH is 1. The van der Waals surface area contributed by atoms with Crippen molar-refractivity contribution in [3.05, 3.63) is 118 Å². The second-order valence-electron chi connectivity index (χ2n) is 17.7. The van der Waals surface area contributed by atoms with Crippen molar-refractivity contribution < 1.29 is 23.1 Å². The van der Waals surface area contributed by atoms with Crippen molar-refractivity contribution in [1.29, 1.82) is 0 Å². The quantitative estimate of drug-likeness (QED) is 0.0978. The van der Waals surface area contributed by atoms with Crippen molar-refractivity contribution in [3.63, 3.8) is 0 Å². The molecule has 1 aromatic heterocycles. The zero-order chi connectivity index (χ0) is 42.0. The van der Waals surface area contributed by atoms with Crippen molar-refractivity contribution in [2.24, 2.45) is 11.3 Å². The molecule has 1 saturated carbocycles. The highest BCUT2D eigenvalue weighted by molar-refractivity contribution is 7.90. The number of aliphatic hydroxyl groups is 1. The van der Waals surface area contributed by atoms with Gasteiger partial charge in [0, 0.05) is 78.8 Å². The highest BCUT2D eigenvalue weighted by Crippen LogP contribution is 2.43. The lowest BCUT2D eigenvalue weighted by Crippen LogP contribution is -2.47. The van der Waals surface area contributed by atoms with Crippen molar-refractivity contribution in [2.45, 2.75) is 76.7 Å². The van der Waals surface area contributed by atoms with Gasteiger partial charge in [-0.3, -0.25) is 9.69 Å². The fourth-order valence-corrected chi connectivity index (χ4v) is 10.1. The smallest absolute Gasteiger partial charge is 0.268 e. The summed E-state index contributed by atoms with van der Waals surface area (Å²) in [4.78, 5) is 22.0. The highest BCUT2D eigenvalue weighted by Gasteiger charge is 2.30. The Balaban J connectivity index is 0.979. The van der Waals surface area contributed by atoms with Gasteiger partial charge >= 0.3 is 0 Å². The molecule has 0 unspecified atom stereocenters. The Kier molecular flexibility index (Phi) is 12.3. The van der Waals surface area contributed by atoms with Crippen LogP contribution in [0.25, 0.3) is 16.5 Å². The van der Waals surface area contributed by atoms with Gasteiger partial charge in [0.15, 0.2) is 0 Å². The SMILES string of the molecule is Cc1cc(S(=O)(=O)NC(=O)c2ccc(N3CCN(CC4=C(c5ccc(Cl)cc5)CC(C)(C)CC4)CC3)cc2Oc2ccc3[nH]ccc3c2)ccc1NCC1CCC(O)CC1. The van der Waals surface area contributed by atoms with Crippen LogP contribution in [0, 0.1) is 18.3 Å². The number of H-pyrrole nitrogens is 1. The van der Waals surface area contributed by atoms with Crippen molar-refractivity contribution in [2.75, 3.05) is 49.5 Å². The van der Waals surface area contributed by atoms with Crippen molar-refractivity contribution in [3.8, 4) is 11.5 Å². The predicted molar refractivity (Wildman–Crippen MR) is 242 cm³/mol. The number of carbonyl (C=O) groups is 1. The molecule has 4 aromatic carbocycles. The lowest BCUT2D eigenvalue weighted by atomic mass is 9.72. The number of hydrogen-bond acceptors (Lipinski definition) is 8. The van der Waals surface area contributed by atoms with Gasteiger partial charge in [-0.2, -0.15) is 0 Å². The third-order valence-electron chi connectivity index (χ3n) is 12.6. The third kappa shape index (κ3) is 9.86. The molecule has 0 radical (unpaired) electrons. The molecule has 316 valence electrons. The van der Waals surface area contributed by atoms with Gasteiger partial charge in [-0.15, -0.1) is 0 Å². The molecule has 5 aromatic rings. The molecule has 0 spiro atoms. The first-order valence-electron chi connectivity index (χ1n) is 21.2. The summed E-state index contributed by atoms with van der Waals surface area (Å²) in [6, 6.07) is 26.1. The van der Waals surface area contributed by atoms with E-state index in [2.05, 4.69) is 50.8 Å². The number of rotatable bonds is 12. The van der Waals surface area contributed by atoms with E-state index in [1.807, 2.05) is 61.7 Å². The standard InChI is InChI=1S/C48H56ClN5O5S/c1-32-26-41(14-17-44(32)51-30-33-4-11-39(55)12-5-33)60(57,58)52-47(56)42-15-10-38(28-46(42)59-40-13-16-45-35(27-40)19-21-50-45)54-24-22-53(23-25-54)31-36-18-20-48(2,3)29-43(36)34-6-8-37(49)9-7-34/h6-10,13-17,19,21,26-28,33,39,50-51,55H,4-5,11-12,18,20,22-25,29-31H2,1-3H3,(H,52,56). The Morgan fingerprint density at radius 1 is 0.933 bits per heavy atom. The maximum absolute atomic E-state index is 13.9. The number of nitrogens with zero attached hydrogens (tertiary/aromatic N) is 2. The second kappa shape index (κ2) is 17.7. The van der Waals surface area contributed by atoms with E-state index in [1.165, 1.54) is 22.8 Å². The molecule has 60 heavy (non-hydrogen) atoms. The largest absolute Gasteiger partial charge is 0.456 e. The van der Waals surface area contributed by atoms with Crippen LogP contribution in [0.15, 0.2) is 102 Å². The van der Waals surface area contributed by atoms with Gasteiger partial charge in [0.2, 0.25) is 0 Å². The summed E-state index contributed by atoms with van der Waals surface area (Å²) in [6.07, 6.45) is 8.47. The van der Waals surface area contributed by atoms with Crippen LogP contribution in [-0.4, -0.2) is 74.7 Å². The molecule has 0 bridgehead atoms. The number of benzene rings is 4. The molecule has 8 rings (SSSR count). The number of carbonyl (C=O) groups excluding carboxylic acids is 1. The average molecular weight is 851 g/mol. The minimum Gasteiger partial charge on any atom is -0.456 e. The van der Waals surface area contributed by atoms with Crippen molar-refractivity contribution in [1.82, 2.24) is 14.6 Å². The number of piperazine rings is 1. The van der Waals surface area contributed by atoms with Crippen LogP contribution in [0.2, 0.25) is 5.02 Å². The number of sulfonamides is 1. The van der Waals surface area contributed by atoms with Gasteiger partial charge in [-0.05, 0) is 147 Å². The summed E-state index contributed by atoms with van der Waals surface area (Å²) >= 11 is 6.25. The fraction of sp³-hybridized carbons (Fsp3) is 0.396. The van der Waals surface area contributed by atoms with Crippen LogP contribution in [-0.2, 0) is 10.0 Å². The summed E-state index contributed by atoms with van der Waals surface area (Å²) in [5.41, 5.74) is 8.03. The Labute approximate surface area is 359 Å². The molecule has 0 atom stereocenters. The van der Waals surface area contributed by atoms with E-state index in [4.69, 9.17) is 16.3 Å². The predicted octanol–water partition coefficient (Wildman–Crippen LogP) is 9.79. The molecular formula is C48H56ClN5O5S. The highest BCUT2D eigenvalue weighted by atomic mass is 35.5. The normalized spacial score (nSPS) is 20.0. The molecule has 1 aliphatic heterocycles. The lowest BCUT2D eigenvalue weighted by molar-refractivity contribution is 0.0979. The number of aromatic nitrogens is 1. The van der Waals surface area contributed by atoms with Gasteiger partial charge in [0.25, 0.3) is 15.9 Å². The molecule has 10 nitrogen and oxygen atoms in total. The Morgan fingerprint density at radius 3 is 2.45 bits per heavy atom. The Bertz CT molecular complexity index is 2480. The number of hydrogen-bond donors (Lipinski definition) is 4. The minimum atomic E-state index is -4.22. The van der Waals surface area contributed by atoms with Gasteiger partial charge in [-0.1, -0.05) is 43.2 Å². The molecule has 12 heteroatoms. The van der Waals surface area contributed by atoms with Crippen LogP contribution in [0.4, 0.5) is 11.4 Å². The Morgan fingerprint density at radius 2 is 1.70 bits per heavy atom. The zero-order valence-electron chi connectivity index (χ0n) is 34.8. The maximum atomic E-state index is 13.9. The number of allylic oxidation sites excluding steroid dienone is 1. The van der Waals surface area contributed by atoms with Crippen LogP contribution in [0.1, 0.15) is 80.3 Å². The molecule has 4 N–H and O–H groups in total. The van der Waals surface area contributed by atoms with E-state index >= 15 is 0 Å². The van der Waals surface area contributed by atoms with E-state index in [9.17, 15) is 18.3 Å². The maximum Gasteiger partial charge on any atom is 0.268 e. The summed E-state index contributed by atoms with van der Waals surface area (Å²) in [6.45, 7) is 11.6. The van der Waals surface area contributed by atoms with E-state index in [1.54, 1.807) is 18.2 Å². The molecule has 2 fully saturated rings. The first kappa shape index (κ1) is 41.9. The van der Waals surface area contributed by atoms with Gasteiger partial charge in [0.1, 0.15) is 11.5 Å². The Hall–Kier alpha value is -4.81. The fourth-order valence-electron chi connectivity index (χ4n) is 8.94. The molecule has 2 heterocycles. The number of fused-ring (bicyclic) bond motifs is 1. The number of ether oxygens (including phenoxy) is 1. The number of halogens is 1. The first-order valence-corrected chi connectivity index (χ1v) is 23.1. The van der Waals surface area contributed by atoms with Gasteiger partial charge in [-0.25, -0.2) is 13.1 Å².